The summed E-state index contributed by atoms with van der Waals surface area (Å²) in [5, 5.41) is 0.307. The van der Waals surface area contributed by atoms with Crippen LogP contribution in [0.3, 0.4) is 0 Å². The van der Waals surface area contributed by atoms with Crippen LogP contribution in [0.1, 0.15) is 0 Å². The van der Waals surface area contributed by atoms with Crippen LogP contribution in [0.25, 0.3) is 10.9 Å². The van der Waals surface area contributed by atoms with Crippen LogP contribution in [-0.4, -0.2) is 9.55 Å². The topological polar surface area (TPSA) is 37.8 Å². The first-order valence-electron chi connectivity index (χ1n) is 3.99. The van der Waals surface area contributed by atoms with Gasteiger partial charge in [-0.05, 0) is 24.4 Å². The van der Waals surface area contributed by atoms with Gasteiger partial charge in [-0.15, -0.1) is 0 Å². The largest absolute Gasteiger partial charge is 0.329 e. The van der Waals surface area contributed by atoms with Gasteiger partial charge in [-0.3, -0.25) is 9.36 Å². The van der Waals surface area contributed by atoms with E-state index in [0.717, 1.165) is 0 Å². The highest BCUT2D eigenvalue weighted by atomic mass is 32.1. The lowest BCUT2D eigenvalue weighted by atomic mass is 10.2. The van der Waals surface area contributed by atoms with Crippen LogP contribution in [-0.2, 0) is 7.05 Å². The van der Waals surface area contributed by atoms with Gasteiger partial charge in [-0.25, -0.2) is 4.39 Å². The van der Waals surface area contributed by atoms with Gasteiger partial charge >= 0.3 is 0 Å². The van der Waals surface area contributed by atoms with Gasteiger partial charge in [0, 0.05) is 7.05 Å². The van der Waals surface area contributed by atoms with E-state index in [0.29, 0.717) is 5.39 Å². The Balaban J connectivity index is 3.14. The first-order valence-corrected chi connectivity index (χ1v) is 4.39. The lowest BCUT2D eigenvalue weighted by Crippen LogP contribution is -2.18. The molecule has 0 saturated carbocycles. The first kappa shape index (κ1) is 9.08. The summed E-state index contributed by atoms with van der Waals surface area (Å²) in [6.45, 7) is 0. The highest BCUT2D eigenvalue weighted by Gasteiger charge is 2.05. The summed E-state index contributed by atoms with van der Waals surface area (Å²) in [6, 6.07) is 4.34. The number of fused-ring (bicyclic) bond motifs is 1. The molecule has 14 heavy (non-hydrogen) atoms. The number of halogens is 1. The molecule has 0 bridgehead atoms. The quantitative estimate of drug-likeness (QED) is 0.672. The number of rotatable bonds is 0. The molecule has 0 fully saturated rings. The van der Waals surface area contributed by atoms with Gasteiger partial charge < -0.3 is 4.98 Å². The van der Waals surface area contributed by atoms with E-state index in [9.17, 15) is 9.18 Å². The van der Waals surface area contributed by atoms with E-state index in [2.05, 4.69) is 4.98 Å². The molecule has 0 aliphatic carbocycles. The maximum absolute atomic E-state index is 13.3. The highest BCUT2D eigenvalue weighted by molar-refractivity contribution is 7.71. The summed E-state index contributed by atoms with van der Waals surface area (Å²) in [7, 11) is 1.55. The van der Waals surface area contributed by atoms with E-state index >= 15 is 0 Å². The summed E-state index contributed by atoms with van der Waals surface area (Å²) in [5.74, 6) is -0.466. The summed E-state index contributed by atoms with van der Waals surface area (Å²) in [6.07, 6.45) is 0. The van der Waals surface area contributed by atoms with Crippen LogP contribution >= 0.6 is 12.2 Å². The molecule has 2 aromatic rings. The fourth-order valence-corrected chi connectivity index (χ4v) is 1.48. The molecule has 5 heteroatoms. The molecule has 1 N–H and O–H groups in total. The molecule has 0 amide bonds. The van der Waals surface area contributed by atoms with Crippen molar-refractivity contribution in [1.82, 2.24) is 9.55 Å². The average molecular weight is 210 g/mol. The average Bonchev–Trinajstić information content (AvgIpc) is 2.17. The van der Waals surface area contributed by atoms with Crippen LogP contribution < -0.4 is 5.56 Å². The number of nitrogens with zero attached hydrogens (tertiary/aromatic N) is 1. The van der Waals surface area contributed by atoms with Crippen molar-refractivity contribution in [3.05, 3.63) is 39.1 Å². The van der Waals surface area contributed by atoms with Gasteiger partial charge in [-0.1, -0.05) is 6.07 Å². The molecule has 0 radical (unpaired) electrons. The molecule has 1 aromatic carbocycles. The maximum atomic E-state index is 13.3. The van der Waals surface area contributed by atoms with Crippen LogP contribution in [0.15, 0.2) is 23.0 Å². The number of hydrogen-bond acceptors (Lipinski definition) is 2. The molecule has 2 rings (SSSR count). The summed E-state index contributed by atoms with van der Waals surface area (Å²) in [4.78, 5) is 14.3. The Morgan fingerprint density at radius 3 is 2.93 bits per heavy atom. The lowest BCUT2D eigenvalue weighted by Gasteiger charge is -2.02. The molecule has 0 saturated heterocycles. The Bertz CT molecular complexity index is 614. The molecule has 3 nitrogen and oxygen atoms in total. The second kappa shape index (κ2) is 3.02. The van der Waals surface area contributed by atoms with E-state index in [-0.39, 0.29) is 15.8 Å². The van der Waals surface area contributed by atoms with Gasteiger partial charge in [0.1, 0.15) is 5.82 Å². The van der Waals surface area contributed by atoms with Crippen molar-refractivity contribution in [1.29, 1.82) is 0 Å². The van der Waals surface area contributed by atoms with E-state index in [1.54, 1.807) is 13.1 Å². The number of H-pyrrole nitrogens is 1. The predicted octanol–water partition coefficient (Wildman–Crippen LogP) is 1.74. The number of aromatic nitrogens is 2. The second-order valence-electron chi connectivity index (χ2n) is 2.96. The maximum Gasteiger partial charge on any atom is 0.261 e. The van der Waals surface area contributed by atoms with Gasteiger partial charge in [0.15, 0.2) is 4.77 Å². The van der Waals surface area contributed by atoms with Crippen LogP contribution in [0, 0.1) is 10.6 Å². The molecular weight excluding hydrogens is 203 g/mol. The Labute approximate surface area is 83.8 Å². The standard InChI is InChI=1S/C9H7FN2OS/c1-12-8(13)5-3-2-4-6(10)7(5)11-9(12)14/h2-4H,1H3,(H,11,14). The second-order valence-corrected chi connectivity index (χ2v) is 3.34. The Hall–Kier alpha value is -1.49. The zero-order valence-electron chi connectivity index (χ0n) is 7.37. The molecule has 1 heterocycles. The van der Waals surface area contributed by atoms with E-state index in [1.165, 1.54) is 16.7 Å². The van der Waals surface area contributed by atoms with Crippen molar-refractivity contribution in [2.45, 2.75) is 0 Å². The van der Waals surface area contributed by atoms with Crippen molar-refractivity contribution >= 4 is 23.1 Å². The van der Waals surface area contributed by atoms with Gasteiger partial charge in [0.05, 0.1) is 10.9 Å². The van der Waals surface area contributed by atoms with Gasteiger partial charge in [0.2, 0.25) is 0 Å². The lowest BCUT2D eigenvalue weighted by molar-refractivity contribution is 0.634. The molecular formula is C9H7FN2OS. The molecule has 1 aromatic heterocycles. The van der Waals surface area contributed by atoms with Gasteiger partial charge in [0.25, 0.3) is 5.56 Å². The SMILES string of the molecule is Cn1c(=S)[nH]c2c(F)cccc2c1=O. The fraction of sp³-hybridized carbons (Fsp3) is 0.111. The van der Waals surface area contributed by atoms with Crippen molar-refractivity contribution < 1.29 is 4.39 Å². The zero-order valence-corrected chi connectivity index (χ0v) is 8.19. The monoisotopic (exact) mass is 210 g/mol. The third-order valence-corrected chi connectivity index (χ3v) is 2.46. The zero-order chi connectivity index (χ0) is 10.3. The smallest absolute Gasteiger partial charge is 0.261 e. The minimum atomic E-state index is -0.466. The highest BCUT2D eigenvalue weighted by Crippen LogP contribution is 2.10. The van der Waals surface area contributed by atoms with E-state index < -0.39 is 5.82 Å². The molecule has 0 aliphatic rings. The predicted molar refractivity (Wildman–Crippen MR) is 54.3 cm³/mol. The minimum Gasteiger partial charge on any atom is -0.329 e. The number of hydrogen-bond donors (Lipinski definition) is 1. The first-order chi connectivity index (χ1) is 6.61. The Kier molecular flexibility index (Phi) is 1.96. The third kappa shape index (κ3) is 1.17. The molecule has 0 unspecified atom stereocenters. The van der Waals surface area contributed by atoms with Crippen molar-refractivity contribution in [3.8, 4) is 0 Å². The van der Waals surface area contributed by atoms with E-state index in [1.807, 2.05) is 0 Å². The number of aromatic amines is 1. The number of para-hydroxylation sites is 1. The third-order valence-electron chi connectivity index (χ3n) is 2.09. The Morgan fingerprint density at radius 2 is 2.21 bits per heavy atom. The van der Waals surface area contributed by atoms with E-state index in [4.69, 9.17) is 12.2 Å². The van der Waals surface area contributed by atoms with Crippen LogP contribution in [0.2, 0.25) is 0 Å². The fourth-order valence-electron chi connectivity index (χ4n) is 1.29. The summed E-state index contributed by atoms with van der Waals surface area (Å²) in [5.41, 5.74) is -0.121. The molecule has 72 valence electrons. The van der Waals surface area contributed by atoms with Crippen molar-refractivity contribution in [2.75, 3.05) is 0 Å². The Morgan fingerprint density at radius 1 is 1.50 bits per heavy atom. The van der Waals surface area contributed by atoms with Crippen molar-refractivity contribution in [3.63, 3.8) is 0 Å². The minimum absolute atomic E-state index is 0.167. The normalized spacial score (nSPS) is 10.7. The van der Waals surface area contributed by atoms with Crippen LogP contribution in [0.4, 0.5) is 4.39 Å². The summed E-state index contributed by atoms with van der Waals surface area (Å²) < 4.78 is 14.7. The van der Waals surface area contributed by atoms with Crippen LogP contribution in [0.5, 0.6) is 0 Å². The van der Waals surface area contributed by atoms with Crippen molar-refractivity contribution in [2.24, 2.45) is 7.05 Å². The number of nitrogens with one attached hydrogen (secondary N) is 1. The van der Waals surface area contributed by atoms with Gasteiger partial charge in [-0.2, -0.15) is 0 Å². The molecule has 0 atom stereocenters. The molecule has 0 spiro atoms. The summed E-state index contributed by atoms with van der Waals surface area (Å²) >= 11 is 4.87. The number of benzene rings is 1. The molecule has 0 aliphatic heterocycles.